The van der Waals surface area contributed by atoms with Gasteiger partial charge in [0.2, 0.25) is 17.7 Å². The van der Waals surface area contributed by atoms with Crippen LogP contribution in [0.25, 0.3) is 0 Å². The van der Waals surface area contributed by atoms with Crippen LogP contribution in [-0.4, -0.2) is 55.4 Å². The van der Waals surface area contributed by atoms with Crippen molar-refractivity contribution in [2.45, 2.75) is 44.6 Å². The van der Waals surface area contributed by atoms with Crippen LogP contribution in [0.5, 0.6) is 5.75 Å². The minimum Gasteiger partial charge on any atom is -0.497 e. The monoisotopic (exact) mass is 399 g/mol. The molecule has 3 fully saturated rings. The zero-order chi connectivity index (χ0) is 20.4. The highest BCUT2D eigenvalue weighted by atomic mass is 16.5. The van der Waals surface area contributed by atoms with Gasteiger partial charge in [-0.05, 0) is 37.8 Å². The van der Waals surface area contributed by atoms with E-state index in [4.69, 9.17) is 4.74 Å². The Labute approximate surface area is 171 Å². The van der Waals surface area contributed by atoms with Gasteiger partial charge in [-0.25, -0.2) is 0 Å². The van der Waals surface area contributed by atoms with Crippen molar-refractivity contribution < 1.29 is 19.1 Å². The van der Waals surface area contributed by atoms with Crippen molar-refractivity contribution in [3.8, 4) is 5.75 Å². The Morgan fingerprint density at radius 3 is 2.52 bits per heavy atom. The number of ether oxygens (including phenoxy) is 1. The molecule has 1 aromatic carbocycles. The van der Waals surface area contributed by atoms with Gasteiger partial charge in [0.15, 0.2) is 0 Å². The summed E-state index contributed by atoms with van der Waals surface area (Å²) in [6.07, 6.45) is 5.00. The van der Waals surface area contributed by atoms with Crippen molar-refractivity contribution in [2.75, 3.05) is 31.6 Å². The number of amides is 3. The maximum Gasteiger partial charge on any atom is 0.227 e. The highest BCUT2D eigenvalue weighted by molar-refractivity contribution is 6.00. The molecule has 2 saturated heterocycles. The molecule has 3 aliphatic rings. The molecule has 1 aromatic rings. The van der Waals surface area contributed by atoms with Crippen LogP contribution in [0.3, 0.4) is 0 Å². The molecule has 1 atom stereocenters. The summed E-state index contributed by atoms with van der Waals surface area (Å²) in [5, 5.41) is 3.11. The predicted molar refractivity (Wildman–Crippen MR) is 109 cm³/mol. The van der Waals surface area contributed by atoms with Gasteiger partial charge in [-0.2, -0.15) is 0 Å². The lowest BCUT2D eigenvalue weighted by Gasteiger charge is -2.37. The maximum atomic E-state index is 12.7. The average Bonchev–Trinajstić information content (AvgIpc) is 3.09. The SMILES string of the molecule is COc1cccc(N2CC(C(=O)NC3CCN(C(=O)C4CCC4)CC3)CC2=O)c1. The smallest absolute Gasteiger partial charge is 0.227 e. The molecule has 7 nitrogen and oxygen atoms in total. The minimum atomic E-state index is -0.344. The van der Waals surface area contributed by atoms with Gasteiger partial charge in [-0.15, -0.1) is 0 Å². The Morgan fingerprint density at radius 1 is 1.10 bits per heavy atom. The lowest BCUT2D eigenvalue weighted by atomic mass is 9.84. The van der Waals surface area contributed by atoms with Crippen LogP contribution >= 0.6 is 0 Å². The van der Waals surface area contributed by atoms with Gasteiger partial charge in [-0.1, -0.05) is 12.5 Å². The minimum absolute atomic E-state index is 0.0423. The molecule has 0 bridgehead atoms. The summed E-state index contributed by atoms with van der Waals surface area (Å²) < 4.78 is 5.23. The fraction of sp³-hybridized carbons (Fsp3) is 0.591. The van der Waals surface area contributed by atoms with Crippen LogP contribution in [0.1, 0.15) is 38.5 Å². The Morgan fingerprint density at radius 2 is 1.86 bits per heavy atom. The molecule has 0 radical (unpaired) electrons. The van der Waals surface area contributed by atoms with Gasteiger partial charge in [0.05, 0.1) is 13.0 Å². The molecule has 1 aliphatic carbocycles. The molecule has 3 amide bonds. The molecular weight excluding hydrogens is 370 g/mol. The lowest BCUT2D eigenvalue weighted by Crippen LogP contribution is -2.49. The topological polar surface area (TPSA) is 79.0 Å². The average molecular weight is 399 g/mol. The third-order valence-corrected chi connectivity index (χ3v) is 6.47. The quantitative estimate of drug-likeness (QED) is 0.821. The van der Waals surface area contributed by atoms with Crippen LogP contribution in [0, 0.1) is 11.8 Å². The molecule has 7 heteroatoms. The molecule has 0 spiro atoms. The number of nitrogens with zero attached hydrogens (tertiary/aromatic N) is 2. The third-order valence-electron chi connectivity index (χ3n) is 6.47. The van der Waals surface area contributed by atoms with Gasteiger partial charge >= 0.3 is 0 Å². The van der Waals surface area contributed by atoms with Crippen LogP contribution in [-0.2, 0) is 14.4 Å². The molecule has 1 unspecified atom stereocenters. The van der Waals surface area contributed by atoms with E-state index in [-0.39, 0.29) is 42.0 Å². The number of carbonyl (C=O) groups is 3. The molecule has 29 heavy (non-hydrogen) atoms. The number of hydrogen-bond acceptors (Lipinski definition) is 4. The highest BCUT2D eigenvalue weighted by Gasteiger charge is 2.37. The van der Waals surface area contributed by atoms with E-state index in [9.17, 15) is 14.4 Å². The zero-order valence-electron chi connectivity index (χ0n) is 16.9. The number of hydrogen-bond donors (Lipinski definition) is 1. The summed E-state index contributed by atoms with van der Waals surface area (Å²) in [4.78, 5) is 41.2. The van der Waals surface area contributed by atoms with Gasteiger partial charge in [0.25, 0.3) is 0 Å². The second-order valence-electron chi connectivity index (χ2n) is 8.34. The first-order valence-electron chi connectivity index (χ1n) is 10.6. The van der Waals surface area contributed by atoms with Crippen molar-refractivity contribution in [1.29, 1.82) is 0 Å². The van der Waals surface area contributed by atoms with E-state index >= 15 is 0 Å². The van der Waals surface area contributed by atoms with Crippen LogP contribution in [0.4, 0.5) is 5.69 Å². The van der Waals surface area contributed by atoms with E-state index in [1.54, 1.807) is 12.0 Å². The fourth-order valence-corrected chi connectivity index (χ4v) is 4.39. The number of anilines is 1. The first-order valence-corrected chi connectivity index (χ1v) is 10.6. The molecule has 1 N–H and O–H groups in total. The summed E-state index contributed by atoms with van der Waals surface area (Å²) in [5.41, 5.74) is 0.757. The zero-order valence-corrected chi connectivity index (χ0v) is 16.9. The second kappa shape index (κ2) is 8.43. The van der Waals surface area contributed by atoms with E-state index in [2.05, 4.69) is 5.32 Å². The largest absolute Gasteiger partial charge is 0.497 e. The van der Waals surface area contributed by atoms with E-state index in [0.717, 1.165) is 37.8 Å². The molecule has 4 rings (SSSR count). The third kappa shape index (κ3) is 4.23. The van der Waals surface area contributed by atoms with Gasteiger partial charge in [-0.3, -0.25) is 14.4 Å². The lowest BCUT2D eigenvalue weighted by molar-refractivity contribution is -0.139. The van der Waals surface area contributed by atoms with E-state index in [1.165, 1.54) is 0 Å². The number of methoxy groups -OCH3 is 1. The first-order chi connectivity index (χ1) is 14.0. The maximum absolute atomic E-state index is 12.7. The van der Waals surface area contributed by atoms with Crippen LogP contribution in [0.15, 0.2) is 24.3 Å². The Kier molecular flexibility index (Phi) is 5.74. The first kappa shape index (κ1) is 19.7. The number of carbonyl (C=O) groups excluding carboxylic acids is 3. The molecular formula is C22H29N3O4. The summed E-state index contributed by atoms with van der Waals surface area (Å²) in [5.74, 6) is 0.756. The van der Waals surface area contributed by atoms with Crippen LogP contribution in [0.2, 0.25) is 0 Å². The van der Waals surface area contributed by atoms with E-state index < -0.39 is 0 Å². The summed E-state index contributed by atoms with van der Waals surface area (Å²) in [6.45, 7) is 1.80. The summed E-state index contributed by atoms with van der Waals surface area (Å²) in [6, 6.07) is 7.42. The van der Waals surface area contributed by atoms with E-state index in [0.29, 0.717) is 25.4 Å². The molecule has 2 heterocycles. The molecule has 1 saturated carbocycles. The number of piperidine rings is 1. The predicted octanol–water partition coefficient (Wildman–Crippen LogP) is 1.96. The number of likely N-dealkylation sites (tertiary alicyclic amines) is 1. The van der Waals surface area contributed by atoms with E-state index in [1.807, 2.05) is 29.2 Å². The number of rotatable bonds is 5. The van der Waals surface area contributed by atoms with Crippen molar-refractivity contribution in [3.63, 3.8) is 0 Å². The Balaban J connectivity index is 1.28. The molecule has 0 aromatic heterocycles. The highest BCUT2D eigenvalue weighted by Crippen LogP contribution is 2.30. The molecule has 156 valence electrons. The number of nitrogens with one attached hydrogen (secondary N) is 1. The van der Waals surface area contributed by atoms with Crippen molar-refractivity contribution in [1.82, 2.24) is 10.2 Å². The molecule has 2 aliphatic heterocycles. The normalized spacial score (nSPS) is 23.1. The Bertz CT molecular complexity index is 784. The van der Waals surface area contributed by atoms with Gasteiger partial charge in [0.1, 0.15) is 5.75 Å². The Hall–Kier alpha value is -2.57. The second-order valence-corrected chi connectivity index (χ2v) is 8.34. The van der Waals surface area contributed by atoms with Gasteiger partial charge < -0.3 is 19.9 Å². The van der Waals surface area contributed by atoms with Crippen molar-refractivity contribution in [2.24, 2.45) is 11.8 Å². The van der Waals surface area contributed by atoms with Crippen LogP contribution < -0.4 is 15.0 Å². The van der Waals surface area contributed by atoms with Gasteiger partial charge in [0, 0.05) is 49.8 Å². The number of benzene rings is 1. The van der Waals surface area contributed by atoms with Crippen molar-refractivity contribution in [3.05, 3.63) is 24.3 Å². The summed E-state index contributed by atoms with van der Waals surface area (Å²) in [7, 11) is 1.59. The fourth-order valence-electron chi connectivity index (χ4n) is 4.39. The summed E-state index contributed by atoms with van der Waals surface area (Å²) >= 11 is 0. The van der Waals surface area contributed by atoms with Crippen molar-refractivity contribution >= 4 is 23.4 Å². The standard InChI is InChI=1S/C22H29N3O4/c1-29-19-7-3-6-18(13-19)25-14-16(12-20(25)26)21(27)23-17-8-10-24(11-9-17)22(28)15-4-2-5-15/h3,6-7,13,15-17H,2,4-5,8-12,14H2,1H3,(H,23,27).